The summed E-state index contributed by atoms with van der Waals surface area (Å²) in [5.41, 5.74) is 8.53. The smallest absolute Gasteiger partial charge is 0.109 e. The lowest BCUT2D eigenvalue weighted by Gasteiger charge is -2.23. The van der Waals surface area contributed by atoms with Crippen LogP contribution in [0.25, 0.3) is 0 Å². The van der Waals surface area contributed by atoms with Gasteiger partial charge in [-0.25, -0.2) is 0 Å². The molecule has 0 bridgehead atoms. The van der Waals surface area contributed by atoms with E-state index < -0.39 is 0 Å². The molecule has 0 aliphatic rings. The molecule has 0 saturated carbocycles. The normalized spacial score (nSPS) is 11.0. The highest BCUT2D eigenvalue weighted by molar-refractivity contribution is 5.66. The minimum atomic E-state index is 0.00341. The second kappa shape index (κ2) is 8.11. The predicted octanol–water partition coefficient (Wildman–Crippen LogP) is 2.48. The number of nitrogens with two attached hydrogens (primary N) is 1. The van der Waals surface area contributed by atoms with E-state index in [4.69, 9.17) is 15.9 Å². The van der Waals surface area contributed by atoms with Crippen molar-refractivity contribution < 1.29 is 10.2 Å². The third-order valence-corrected chi connectivity index (χ3v) is 3.13. The van der Waals surface area contributed by atoms with Crippen LogP contribution in [0.2, 0.25) is 0 Å². The van der Waals surface area contributed by atoms with Crippen LogP contribution in [0.3, 0.4) is 0 Å². The molecule has 4 N–H and O–H groups in total. The summed E-state index contributed by atoms with van der Waals surface area (Å²) in [6, 6.07) is 14.6. The average molecular weight is 300 g/mol. The number of rotatable bonds is 7. The van der Waals surface area contributed by atoms with E-state index in [1.165, 1.54) is 0 Å². The first-order valence-corrected chi connectivity index (χ1v) is 7.07. The molecule has 0 aromatic heterocycles. The van der Waals surface area contributed by atoms with Crippen LogP contribution < -0.4 is 10.6 Å². The van der Waals surface area contributed by atoms with Crippen LogP contribution in [0.5, 0.6) is 0 Å². The fourth-order valence-electron chi connectivity index (χ4n) is 2.06. The van der Waals surface area contributed by atoms with E-state index >= 15 is 0 Å². The predicted molar refractivity (Wildman–Crippen MR) is 87.9 cm³/mol. The van der Waals surface area contributed by atoms with Gasteiger partial charge in [-0.05, 0) is 36.4 Å². The van der Waals surface area contributed by atoms with Gasteiger partial charge in [-0.1, -0.05) is 12.1 Å². The highest BCUT2D eigenvalue weighted by atomic mass is 16.3. The second-order valence-electron chi connectivity index (χ2n) is 4.71. The number of hydrogen-bond donors (Lipinski definition) is 3. The lowest BCUT2D eigenvalue weighted by Crippen LogP contribution is -2.29. The lowest BCUT2D eigenvalue weighted by atomic mass is 10.2. The number of nitrogen functional groups attached to an aromatic ring is 1. The molecule has 0 amide bonds. The van der Waals surface area contributed by atoms with E-state index in [2.05, 4.69) is 10.2 Å². The summed E-state index contributed by atoms with van der Waals surface area (Å²) in [5, 5.41) is 26.8. The van der Waals surface area contributed by atoms with Crippen LogP contribution >= 0.6 is 0 Å². The molecule has 116 valence electrons. The minimum Gasteiger partial charge on any atom is -0.399 e. The molecule has 0 fully saturated rings. The van der Waals surface area contributed by atoms with Crippen molar-refractivity contribution in [2.24, 2.45) is 10.2 Å². The van der Waals surface area contributed by atoms with Gasteiger partial charge in [0.25, 0.3) is 0 Å². The molecule has 2 rings (SSSR count). The molecule has 0 unspecified atom stereocenters. The Morgan fingerprint density at radius 2 is 1.50 bits per heavy atom. The number of azo groups is 1. The Labute approximate surface area is 129 Å². The molecule has 2 aromatic rings. The van der Waals surface area contributed by atoms with Crippen molar-refractivity contribution in [3.8, 4) is 0 Å². The summed E-state index contributed by atoms with van der Waals surface area (Å²) >= 11 is 0. The highest BCUT2D eigenvalue weighted by Crippen LogP contribution is 2.29. The van der Waals surface area contributed by atoms with Crippen molar-refractivity contribution in [1.29, 1.82) is 0 Å². The molecule has 6 nitrogen and oxygen atoms in total. The monoisotopic (exact) mass is 300 g/mol. The molecule has 0 aliphatic heterocycles. The maximum Gasteiger partial charge on any atom is 0.109 e. The Hall–Kier alpha value is -2.44. The number of nitrogens with zero attached hydrogens (tertiary/aromatic N) is 3. The topological polar surface area (TPSA) is 94.4 Å². The van der Waals surface area contributed by atoms with Crippen LogP contribution in [0.15, 0.2) is 58.8 Å². The van der Waals surface area contributed by atoms with Gasteiger partial charge >= 0.3 is 0 Å². The van der Waals surface area contributed by atoms with Gasteiger partial charge in [0.1, 0.15) is 5.69 Å². The number of hydrogen-bond acceptors (Lipinski definition) is 6. The van der Waals surface area contributed by atoms with Gasteiger partial charge in [0.15, 0.2) is 0 Å². The molecule has 0 radical (unpaired) electrons. The van der Waals surface area contributed by atoms with E-state index in [0.717, 1.165) is 5.69 Å². The lowest BCUT2D eigenvalue weighted by molar-refractivity contribution is 0.281. The number of aliphatic hydroxyl groups excluding tert-OH is 2. The van der Waals surface area contributed by atoms with Crippen molar-refractivity contribution >= 4 is 22.7 Å². The molecule has 2 aromatic carbocycles. The zero-order valence-electron chi connectivity index (χ0n) is 12.3. The first-order chi connectivity index (χ1) is 10.7. The molecule has 6 heteroatoms. The zero-order chi connectivity index (χ0) is 15.8. The molecule has 0 atom stereocenters. The molecular weight excluding hydrogens is 280 g/mol. The van der Waals surface area contributed by atoms with Crippen LogP contribution in [0.4, 0.5) is 22.7 Å². The molecule has 0 aliphatic carbocycles. The van der Waals surface area contributed by atoms with E-state index in [1.807, 2.05) is 29.2 Å². The summed E-state index contributed by atoms with van der Waals surface area (Å²) in [7, 11) is 0. The van der Waals surface area contributed by atoms with Crippen molar-refractivity contribution in [2.45, 2.75) is 0 Å². The average Bonchev–Trinajstić information content (AvgIpc) is 2.54. The van der Waals surface area contributed by atoms with Crippen molar-refractivity contribution in [3.05, 3.63) is 48.5 Å². The number of anilines is 2. The molecule has 0 heterocycles. The maximum atomic E-state index is 9.16. The van der Waals surface area contributed by atoms with Gasteiger partial charge in [0.2, 0.25) is 0 Å². The van der Waals surface area contributed by atoms with Crippen molar-refractivity contribution in [2.75, 3.05) is 36.9 Å². The zero-order valence-corrected chi connectivity index (χ0v) is 12.3. The van der Waals surface area contributed by atoms with Gasteiger partial charge in [-0.2, -0.15) is 5.11 Å². The largest absolute Gasteiger partial charge is 0.399 e. The Balaban J connectivity index is 2.25. The van der Waals surface area contributed by atoms with Crippen LogP contribution in [-0.4, -0.2) is 36.5 Å². The maximum absolute atomic E-state index is 9.16. The van der Waals surface area contributed by atoms with Gasteiger partial charge in [0.05, 0.1) is 24.6 Å². The van der Waals surface area contributed by atoms with E-state index in [9.17, 15) is 0 Å². The van der Waals surface area contributed by atoms with Gasteiger partial charge < -0.3 is 20.8 Å². The van der Waals surface area contributed by atoms with Gasteiger partial charge in [0, 0.05) is 18.8 Å². The molecule has 0 saturated heterocycles. The minimum absolute atomic E-state index is 0.00341. The van der Waals surface area contributed by atoms with E-state index in [1.54, 1.807) is 24.3 Å². The summed E-state index contributed by atoms with van der Waals surface area (Å²) < 4.78 is 0. The Morgan fingerprint density at radius 3 is 2.14 bits per heavy atom. The third-order valence-electron chi connectivity index (χ3n) is 3.13. The quantitative estimate of drug-likeness (QED) is 0.541. The first kappa shape index (κ1) is 15.9. The standard InChI is InChI=1S/C16H20N4O2/c17-13-5-7-14(8-6-13)18-19-15-3-1-2-4-16(15)20(9-11-21)10-12-22/h1-8,21-22H,9-12,17H2. The van der Waals surface area contributed by atoms with Crippen molar-refractivity contribution in [3.63, 3.8) is 0 Å². The highest BCUT2D eigenvalue weighted by Gasteiger charge is 2.09. The van der Waals surface area contributed by atoms with E-state index in [-0.39, 0.29) is 13.2 Å². The first-order valence-electron chi connectivity index (χ1n) is 7.07. The Kier molecular flexibility index (Phi) is 5.88. The SMILES string of the molecule is Nc1ccc(N=Nc2ccccc2N(CCO)CCO)cc1. The molecule has 22 heavy (non-hydrogen) atoms. The van der Waals surface area contributed by atoms with Crippen LogP contribution in [-0.2, 0) is 0 Å². The summed E-state index contributed by atoms with van der Waals surface area (Å²) in [4.78, 5) is 1.87. The second-order valence-corrected chi connectivity index (χ2v) is 4.71. The van der Waals surface area contributed by atoms with E-state index in [0.29, 0.717) is 30.2 Å². The van der Waals surface area contributed by atoms with Crippen LogP contribution in [0.1, 0.15) is 0 Å². The van der Waals surface area contributed by atoms with Crippen LogP contribution in [0, 0.1) is 0 Å². The molecule has 0 spiro atoms. The fraction of sp³-hybridized carbons (Fsp3) is 0.250. The Bertz CT molecular complexity index is 608. The number of aliphatic hydroxyl groups is 2. The summed E-state index contributed by atoms with van der Waals surface area (Å²) in [5.74, 6) is 0. The van der Waals surface area contributed by atoms with Gasteiger partial charge in [-0.15, -0.1) is 5.11 Å². The Morgan fingerprint density at radius 1 is 0.864 bits per heavy atom. The number of benzene rings is 2. The summed E-state index contributed by atoms with van der Waals surface area (Å²) in [6.45, 7) is 0.858. The van der Waals surface area contributed by atoms with Gasteiger partial charge in [-0.3, -0.25) is 0 Å². The number of para-hydroxylation sites is 1. The summed E-state index contributed by atoms with van der Waals surface area (Å²) in [6.07, 6.45) is 0. The third kappa shape index (κ3) is 4.28. The van der Waals surface area contributed by atoms with Crippen molar-refractivity contribution in [1.82, 2.24) is 0 Å². The molecular formula is C16H20N4O2. The fourth-order valence-corrected chi connectivity index (χ4v) is 2.06.